The predicted octanol–water partition coefficient (Wildman–Crippen LogP) is 4.62. The fourth-order valence-corrected chi connectivity index (χ4v) is 5.15. The second-order valence-electron chi connectivity index (χ2n) is 9.73. The Hall–Kier alpha value is -4.50. The van der Waals surface area contributed by atoms with Gasteiger partial charge in [-0.3, -0.25) is 9.47 Å². The van der Waals surface area contributed by atoms with Gasteiger partial charge >= 0.3 is 6.03 Å². The molecule has 2 amide bonds. The molecule has 2 aromatic heterocycles. The number of likely N-dealkylation sites (N-methyl/N-ethyl adjacent to an activating group) is 1. The summed E-state index contributed by atoms with van der Waals surface area (Å²) in [5.41, 5.74) is 2.68. The van der Waals surface area contributed by atoms with Crippen LogP contribution in [0.3, 0.4) is 0 Å². The number of rotatable bonds is 5. The van der Waals surface area contributed by atoms with E-state index in [1.165, 1.54) is 0 Å². The number of hydrogen-bond acceptors (Lipinski definition) is 6. The van der Waals surface area contributed by atoms with E-state index in [9.17, 15) is 4.79 Å². The highest BCUT2D eigenvalue weighted by atomic mass is 16.2. The number of carbonyl (C=O) groups is 1. The lowest BCUT2D eigenvalue weighted by Gasteiger charge is -2.42. The minimum atomic E-state index is -0.0806. The summed E-state index contributed by atoms with van der Waals surface area (Å²) in [7, 11) is 2.10. The maximum atomic E-state index is 13.3. The number of benzene rings is 3. The molecule has 6 rings (SSSR count). The average molecular weight is 507 g/mol. The molecule has 2 unspecified atom stereocenters. The number of anilines is 2. The molecule has 9 heteroatoms. The molecule has 2 atom stereocenters. The summed E-state index contributed by atoms with van der Waals surface area (Å²) >= 11 is 0. The number of amides is 2. The van der Waals surface area contributed by atoms with Crippen LogP contribution in [0.5, 0.6) is 0 Å². The molecule has 0 saturated carbocycles. The Kier molecular flexibility index (Phi) is 6.35. The molecular weight excluding hydrogens is 476 g/mol. The van der Waals surface area contributed by atoms with Crippen molar-refractivity contribution in [1.29, 1.82) is 0 Å². The van der Waals surface area contributed by atoms with Gasteiger partial charge in [-0.2, -0.15) is 4.98 Å². The first kappa shape index (κ1) is 23.9. The molecule has 0 bridgehead atoms. The highest BCUT2D eigenvalue weighted by Gasteiger charge is 2.31. The maximum Gasteiger partial charge on any atom is 0.321 e. The number of imidazole rings is 1. The summed E-state index contributed by atoms with van der Waals surface area (Å²) in [6.45, 7) is 4.18. The predicted molar refractivity (Wildman–Crippen MR) is 151 cm³/mol. The first-order valence-electron chi connectivity index (χ1n) is 12.8. The number of para-hydroxylation sites is 2. The van der Waals surface area contributed by atoms with Crippen molar-refractivity contribution in [1.82, 2.24) is 29.3 Å². The lowest BCUT2D eigenvalue weighted by atomic mass is 10.1. The van der Waals surface area contributed by atoms with Crippen molar-refractivity contribution < 1.29 is 4.79 Å². The number of piperazine rings is 1. The fourth-order valence-electron chi connectivity index (χ4n) is 5.15. The van der Waals surface area contributed by atoms with Crippen LogP contribution in [0.1, 0.15) is 6.92 Å². The number of carbonyl (C=O) groups excluding carboxylic acids is 1. The van der Waals surface area contributed by atoms with Crippen molar-refractivity contribution in [3.8, 4) is 5.95 Å². The van der Waals surface area contributed by atoms with E-state index in [0.29, 0.717) is 19.0 Å². The lowest BCUT2D eigenvalue weighted by molar-refractivity contribution is 0.108. The first-order valence-corrected chi connectivity index (χ1v) is 12.8. The van der Waals surface area contributed by atoms with E-state index in [1.54, 1.807) is 12.5 Å². The van der Waals surface area contributed by atoms with E-state index in [-0.39, 0.29) is 18.1 Å². The molecular formula is C29H30N8O. The second kappa shape index (κ2) is 10.1. The van der Waals surface area contributed by atoms with Crippen LogP contribution in [0.2, 0.25) is 0 Å². The van der Waals surface area contributed by atoms with E-state index in [0.717, 1.165) is 39.9 Å². The molecule has 0 spiro atoms. The summed E-state index contributed by atoms with van der Waals surface area (Å²) < 4.78 is 1.89. The van der Waals surface area contributed by atoms with Crippen molar-refractivity contribution in [2.75, 3.05) is 37.3 Å². The Morgan fingerprint density at radius 3 is 2.71 bits per heavy atom. The van der Waals surface area contributed by atoms with E-state index in [4.69, 9.17) is 4.98 Å². The van der Waals surface area contributed by atoms with Crippen molar-refractivity contribution in [2.24, 2.45) is 0 Å². The van der Waals surface area contributed by atoms with E-state index in [1.807, 2.05) is 70.1 Å². The summed E-state index contributed by atoms with van der Waals surface area (Å²) in [5.74, 6) is 1.29. The van der Waals surface area contributed by atoms with Crippen LogP contribution in [0.4, 0.5) is 16.3 Å². The van der Waals surface area contributed by atoms with Gasteiger partial charge in [-0.1, -0.05) is 48.5 Å². The van der Waals surface area contributed by atoms with Crippen molar-refractivity contribution >= 4 is 39.3 Å². The Bertz CT molecular complexity index is 1590. The van der Waals surface area contributed by atoms with Gasteiger partial charge in [0.1, 0.15) is 12.1 Å². The fraction of sp³-hybridized carbons (Fsp3) is 0.241. The van der Waals surface area contributed by atoms with Gasteiger partial charge in [0.2, 0.25) is 5.95 Å². The number of aromatic nitrogens is 4. The van der Waals surface area contributed by atoms with Gasteiger partial charge in [-0.25, -0.2) is 14.8 Å². The molecule has 2 N–H and O–H groups in total. The van der Waals surface area contributed by atoms with Crippen LogP contribution in [-0.4, -0.2) is 74.1 Å². The normalized spacial score (nSPS) is 17.0. The van der Waals surface area contributed by atoms with E-state index >= 15 is 0 Å². The first-order chi connectivity index (χ1) is 18.6. The second-order valence-corrected chi connectivity index (χ2v) is 9.73. The van der Waals surface area contributed by atoms with Crippen LogP contribution in [0.15, 0.2) is 85.3 Å². The summed E-state index contributed by atoms with van der Waals surface area (Å²) in [5, 5.41) is 8.82. The molecule has 1 aliphatic heterocycles. The van der Waals surface area contributed by atoms with Gasteiger partial charge in [0.05, 0.1) is 16.7 Å². The molecule has 5 aromatic rings. The van der Waals surface area contributed by atoms with Crippen molar-refractivity contribution in [2.45, 2.75) is 19.0 Å². The summed E-state index contributed by atoms with van der Waals surface area (Å²) in [6.07, 6.45) is 3.50. The third-order valence-corrected chi connectivity index (χ3v) is 7.28. The number of urea groups is 1. The Morgan fingerprint density at radius 1 is 0.974 bits per heavy atom. The third-order valence-electron chi connectivity index (χ3n) is 7.28. The van der Waals surface area contributed by atoms with Crippen LogP contribution in [-0.2, 0) is 0 Å². The lowest BCUT2D eigenvalue weighted by Crippen LogP contribution is -2.59. The van der Waals surface area contributed by atoms with Crippen molar-refractivity contribution in [3.63, 3.8) is 0 Å². The summed E-state index contributed by atoms with van der Waals surface area (Å²) in [6, 6.07) is 23.9. The SMILES string of the molecule is CC(Nc1ccnc(-n2cnc3ccccc32)n1)C1CN(C(=O)Nc2cccc3ccccc23)CCN1C. The minimum absolute atomic E-state index is 0.0374. The zero-order valence-electron chi connectivity index (χ0n) is 21.5. The van der Waals surface area contributed by atoms with Gasteiger partial charge < -0.3 is 15.5 Å². The summed E-state index contributed by atoms with van der Waals surface area (Å²) in [4.78, 5) is 31.1. The molecule has 0 aliphatic carbocycles. The van der Waals surface area contributed by atoms with Gasteiger partial charge in [0.25, 0.3) is 0 Å². The molecule has 9 nitrogen and oxygen atoms in total. The van der Waals surface area contributed by atoms with E-state index < -0.39 is 0 Å². The largest absolute Gasteiger partial charge is 0.366 e. The topological polar surface area (TPSA) is 91.2 Å². The third kappa shape index (κ3) is 4.64. The Balaban J connectivity index is 1.16. The molecule has 1 fully saturated rings. The van der Waals surface area contributed by atoms with Gasteiger partial charge in [0, 0.05) is 43.3 Å². The van der Waals surface area contributed by atoms with Gasteiger partial charge in [-0.15, -0.1) is 0 Å². The zero-order chi connectivity index (χ0) is 26.1. The van der Waals surface area contributed by atoms with Gasteiger partial charge in [-0.05, 0) is 43.6 Å². The van der Waals surface area contributed by atoms with Crippen molar-refractivity contribution in [3.05, 3.63) is 85.3 Å². The Morgan fingerprint density at radius 2 is 1.79 bits per heavy atom. The molecule has 38 heavy (non-hydrogen) atoms. The zero-order valence-corrected chi connectivity index (χ0v) is 21.5. The number of nitrogens with zero attached hydrogens (tertiary/aromatic N) is 6. The minimum Gasteiger partial charge on any atom is -0.366 e. The standard InChI is InChI=1S/C29H30N8O/c1-20(32-27-14-15-30-28(34-27)37-19-31-24-11-5-6-13-25(24)37)26-18-36(17-16-35(26)2)29(38)33-23-12-7-9-21-8-3-4-10-22(21)23/h3-15,19-20,26H,16-18H2,1-2H3,(H,33,38)(H,30,32,34). The monoisotopic (exact) mass is 506 g/mol. The van der Waals surface area contributed by atoms with E-state index in [2.05, 4.69) is 51.6 Å². The van der Waals surface area contributed by atoms with Crippen LogP contribution >= 0.6 is 0 Å². The van der Waals surface area contributed by atoms with Crippen LogP contribution < -0.4 is 10.6 Å². The average Bonchev–Trinajstić information content (AvgIpc) is 3.38. The number of fused-ring (bicyclic) bond motifs is 2. The number of hydrogen-bond donors (Lipinski definition) is 2. The maximum absolute atomic E-state index is 13.3. The molecule has 192 valence electrons. The molecule has 1 saturated heterocycles. The highest BCUT2D eigenvalue weighted by molar-refractivity contribution is 6.01. The van der Waals surface area contributed by atoms with Gasteiger partial charge in [0.15, 0.2) is 0 Å². The number of nitrogens with one attached hydrogen (secondary N) is 2. The molecule has 0 radical (unpaired) electrons. The molecule has 3 aromatic carbocycles. The molecule has 3 heterocycles. The highest BCUT2D eigenvalue weighted by Crippen LogP contribution is 2.24. The quantitative estimate of drug-likeness (QED) is 0.362. The molecule has 1 aliphatic rings. The van der Waals surface area contributed by atoms with Crippen LogP contribution in [0.25, 0.3) is 27.8 Å². The Labute approximate surface area is 221 Å². The smallest absolute Gasteiger partial charge is 0.321 e. The van der Waals surface area contributed by atoms with Crippen LogP contribution in [0, 0.1) is 0 Å².